The molecule has 1 saturated heterocycles. The van der Waals surface area contributed by atoms with Gasteiger partial charge in [0.25, 0.3) is 5.91 Å². The van der Waals surface area contributed by atoms with Crippen molar-refractivity contribution in [1.82, 2.24) is 10.2 Å². The Morgan fingerprint density at radius 1 is 1.05 bits per heavy atom. The van der Waals surface area contributed by atoms with Crippen molar-refractivity contribution < 1.29 is 23.9 Å². The number of carbonyl (C=O) groups is 3. The highest BCUT2D eigenvalue weighted by atomic mass is 127. The minimum atomic E-state index is -0.650. The summed E-state index contributed by atoms with van der Waals surface area (Å²) in [5.41, 5.74) is 4.55. The second-order valence-electron chi connectivity index (χ2n) is 8.98. The van der Waals surface area contributed by atoms with E-state index in [1.54, 1.807) is 18.2 Å². The Morgan fingerprint density at radius 3 is 2.59 bits per heavy atom. The monoisotopic (exact) mass is 639 g/mol. The van der Waals surface area contributed by atoms with Gasteiger partial charge in [-0.2, -0.15) is 0 Å². The maximum atomic E-state index is 13.0. The number of rotatable bonds is 10. The van der Waals surface area contributed by atoms with E-state index in [0.29, 0.717) is 36.0 Å². The molecule has 0 atom stereocenters. The number of aryl methyl sites for hydroxylation is 2. The molecule has 3 aromatic rings. The van der Waals surface area contributed by atoms with Crippen LogP contribution in [0, 0.1) is 10.5 Å². The summed E-state index contributed by atoms with van der Waals surface area (Å²) in [6.07, 6.45) is 2.31. The van der Waals surface area contributed by atoms with Crippen molar-refractivity contribution >= 4 is 52.2 Å². The van der Waals surface area contributed by atoms with Crippen LogP contribution in [0.3, 0.4) is 0 Å². The zero-order chi connectivity index (χ0) is 27.9. The van der Waals surface area contributed by atoms with Crippen LogP contribution in [-0.2, 0) is 22.6 Å². The number of hydrogen-bond donors (Lipinski definition) is 2. The maximum Gasteiger partial charge on any atom is 0.329 e. The third-order valence-corrected chi connectivity index (χ3v) is 6.85. The van der Waals surface area contributed by atoms with Crippen LogP contribution >= 0.6 is 22.6 Å². The number of amides is 4. The number of carbonyl (C=O) groups excluding carboxylic acids is 3. The van der Waals surface area contributed by atoms with Crippen LogP contribution in [0.25, 0.3) is 6.08 Å². The number of ether oxygens (including phenoxy) is 2. The summed E-state index contributed by atoms with van der Waals surface area (Å²) in [6.45, 7) is 6.31. The van der Waals surface area contributed by atoms with Gasteiger partial charge >= 0.3 is 6.03 Å². The number of anilines is 1. The van der Waals surface area contributed by atoms with Crippen molar-refractivity contribution in [2.45, 2.75) is 33.8 Å². The van der Waals surface area contributed by atoms with Gasteiger partial charge in [-0.05, 0) is 83.8 Å². The number of nitrogens with zero attached hydrogens (tertiary/aromatic N) is 1. The predicted molar refractivity (Wildman–Crippen MR) is 159 cm³/mol. The quantitative estimate of drug-likeness (QED) is 0.169. The first kappa shape index (κ1) is 28.2. The first-order valence-corrected chi connectivity index (χ1v) is 13.7. The van der Waals surface area contributed by atoms with Crippen molar-refractivity contribution in [1.29, 1.82) is 0 Å². The SMILES string of the molecule is CCOc1cc(/C=C2/NC(=O)N(CC(=O)Nc3ccccc3CC)C2=O)cc(I)c1OCc1cccc(C)c1. The van der Waals surface area contributed by atoms with Crippen molar-refractivity contribution in [3.8, 4) is 11.5 Å². The number of hydrogen-bond acceptors (Lipinski definition) is 5. The van der Waals surface area contributed by atoms with Gasteiger partial charge in [0.2, 0.25) is 5.91 Å². The summed E-state index contributed by atoms with van der Waals surface area (Å²) in [4.78, 5) is 39.1. The van der Waals surface area contributed by atoms with E-state index in [9.17, 15) is 14.4 Å². The summed E-state index contributed by atoms with van der Waals surface area (Å²) in [5, 5.41) is 5.37. The van der Waals surface area contributed by atoms with E-state index in [0.717, 1.165) is 31.6 Å². The molecule has 0 aliphatic carbocycles. The molecule has 4 amide bonds. The Balaban J connectivity index is 1.49. The molecule has 8 nitrogen and oxygen atoms in total. The summed E-state index contributed by atoms with van der Waals surface area (Å²) < 4.78 is 12.7. The highest BCUT2D eigenvalue weighted by Crippen LogP contribution is 2.36. The van der Waals surface area contributed by atoms with Crippen molar-refractivity contribution in [2.75, 3.05) is 18.5 Å². The minimum Gasteiger partial charge on any atom is -0.490 e. The number of para-hydroxylation sites is 1. The van der Waals surface area contributed by atoms with Gasteiger partial charge in [-0.3, -0.25) is 9.59 Å². The number of halogens is 1. The third-order valence-electron chi connectivity index (χ3n) is 6.04. The van der Waals surface area contributed by atoms with Crippen LogP contribution in [0.1, 0.15) is 36.1 Å². The Labute approximate surface area is 241 Å². The molecule has 0 aromatic heterocycles. The molecule has 0 bridgehead atoms. The van der Waals surface area contributed by atoms with Crippen molar-refractivity contribution in [2.24, 2.45) is 0 Å². The zero-order valence-electron chi connectivity index (χ0n) is 22.0. The van der Waals surface area contributed by atoms with Crippen LogP contribution < -0.4 is 20.1 Å². The molecule has 0 radical (unpaired) electrons. The minimum absolute atomic E-state index is 0.0773. The highest BCUT2D eigenvalue weighted by Gasteiger charge is 2.35. The van der Waals surface area contributed by atoms with Crippen LogP contribution in [0.15, 0.2) is 66.4 Å². The van der Waals surface area contributed by atoms with Crippen LogP contribution in [0.5, 0.6) is 11.5 Å². The van der Waals surface area contributed by atoms with Crippen LogP contribution in [-0.4, -0.2) is 35.9 Å². The lowest BCUT2D eigenvalue weighted by molar-refractivity contribution is -0.127. The zero-order valence-corrected chi connectivity index (χ0v) is 24.2. The smallest absolute Gasteiger partial charge is 0.329 e. The maximum absolute atomic E-state index is 13.0. The van der Waals surface area contributed by atoms with E-state index >= 15 is 0 Å². The lowest BCUT2D eigenvalue weighted by atomic mass is 10.1. The first-order valence-electron chi connectivity index (χ1n) is 12.7. The lowest BCUT2D eigenvalue weighted by Gasteiger charge is -2.15. The molecule has 1 aliphatic rings. The molecule has 3 aromatic carbocycles. The van der Waals surface area contributed by atoms with Gasteiger partial charge in [-0.25, -0.2) is 9.69 Å². The number of nitrogens with one attached hydrogen (secondary N) is 2. The predicted octanol–water partition coefficient (Wildman–Crippen LogP) is 5.67. The molecule has 4 rings (SSSR count). The summed E-state index contributed by atoms with van der Waals surface area (Å²) in [5.74, 6) is 0.107. The molecule has 1 fully saturated rings. The fraction of sp³-hybridized carbons (Fsp3) is 0.233. The van der Waals surface area contributed by atoms with Crippen molar-refractivity contribution in [3.05, 3.63) is 92.2 Å². The standard InChI is InChI=1S/C30H30IN3O5/c1-4-22-11-6-7-12-24(22)32-27(35)17-34-29(36)25(33-30(34)37)15-21-14-23(31)28(26(16-21)38-5-2)39-18-20-10-8-9-19(3)13-20/h6-16H,4-5,17-18H2,1-3H3,(H,32,35)(H,33,37)/b25-15+. The Kier molecular flexibility index (Phi) is 9.23. The van der Waals surface area contributed by atoms with Crippen LogP contribution in [0.4, 0.5) is 10.5 Å². The Bertz CT molecular complexity index is 1440. The molecule has 2 N–H and O–H groups in total. The van der Waals surface area contributed by atoms with Gasteiger partial charge in [-0.15, -0.1) is 0 Å². The molecule has 39 heavy (non-hydrogen) atoms. The average molecular weight is 639 g/mol. The Hall–Kier alpha value is -3.86. The summed E-state index contributed by atoms with van der Waals surface area (Å²) >= 11 is 2.16. The van der Waals surface area contributed by atoms with E-state index in [4.69, 9.17) is 9.47 Å². The topological polar surface area (TPSA) is 97.0 Å². The van der Waals surface area contributed by atoms with Gasteiger partial charge in [-0.1, -0.05) is 55.0 Å². The fourth-order valence-electron chi connectivity index (χ4n) is 4.20. The second-order valence-corrected chi connectivity index (χ2v) is 10.1. The molecular formula is C30H30IN3O5. The number of urea groups is 1. The molecule has 9 heteroatoms. The molecule has 1 aliphatic heterocycles. The summed E-state index contributed by atoms with van der Waals surface area (Å²) in [7, 11) is 0. The normalized spacial score (nSPS) is 13.9. The third kappa shape index (κ3) is 6.97. The van der Waals surface area contributed by atoms with Gasteiger partial charge in [0.05, 0.1) is 10.2 Å². The fourth-order valence-corrected chi connectivity index (χ4v) is 4.98. The molecule has 1 heterocycles. The molecule has 0 spiro atoms. The van der Waals surface area contributed by atoms with E-state index in [-0.39, 0.29) is 5.70 Å². The molecular weight excluding hydrogens is 609 g/mol. The largest absolute Gasteiger partial charge is 0.490 e. The molecule has 0 unspecified atom stereocenters. The first-order chi connectivity index (χ1) is 18.8. The second kappa shape index (κ2) is 12.8. The number of benzene rings is 3. The molecule has 202 valence electrons. The van der Waals surface area contributed by atoms with Gasteiger partial charge < -0.3 is 20.1 Å². The number of imide groups is 1. The van der Waals surface area contributed by atoms with Gasteiger partial charge in [0, 0.05) is 5.69 Å². The lowest BCUT2D eigenvalue weighted by Crippen LogP contribution is -2.38. The summed E-state index contributed by atoms with van der Waals surface area (Å²) in [6, 6.07) is 18.5. The van der Waals surface area contributed by atoms with Crippen molar-refractivity contribution in [3.63, 3.8) is 0 Å². The average Bonchev–Trinajstić information content (AvgIpc) is 3.16. The van der Waals surface area contributed by atoms with Gasteiger partial charge in [0.15, 0.2) is 11.5 Å². The van der Waals surface area contributed by atoms with E-state index in [1.165, 1.54) is 0 Å². The Morgan fingerprint density at radius 2 is 1.85 bits per heavy atom. The van der Waals surface area contributed by atoms with E-state index in [2.05, 4.69) is 39.3 Å². The molecule has 0 saturated carbocycles. The van der Waals surface area contributed by atoms with Gasteiger partial charge in [0.1, 0.15) is 18.8 Å². The van der Waals surface area contributed by atoms with E-state index < -0.39 is 24.4 Å². The highest BCUT2D eigenvalue weighted by molar-refractivity contribution is 14.1. The van der Waals surface area contributed by atoms with E-state index in [1.807, 2.05) is 63.2 Å². The van der Waals surface area contributed by atoms with Crippen LogP contribution in [0.2, 0.25) is 0 Å².